The molecule has 0 radical (unpaired) electrons. The molecule has 0 bridgehead atoms. The minimum atomic E-state index is -0.884. The molecule has 2 nitrogen and oxygen atoms in total. The maximum atomic E-state index is 7.07. The fourth-order valence-corrected chi connectivity index (χ4v) is 9.01. The van der Waals surface area contributed by atoms with Gasteiger partial charge in [0.1, 0.15) is 23.0 Å². The van der Waals surface area contributed by atoms with E-state index in [0.29, 0.717) is 0 Å². The SMILES string of the molecule is C=CC=C.c1ccc(-c2cc(-c3ccccc3)cc(-c3ccc4c5c3Oc3c(ccc6ccccc36)P5c3ccccc3O4)c2)cc1. The van der Waals surface area contributed by atoms with Crippen LogP contribution in [0.2, 0.25) is 0 Å². The largest absolute Gasteiger partial charge is 0.456 e. The maximum absolute atomic E-state index is 7.07. The molecule has 1 atom stereocenters. The third-order valence-corrected chi connectivity index (χ3v) is 11.1. The van der Waals surface area contributed by atoms with E-state index in [-0.39, 0.29) is 0 Å². The van der Waals surface area contributed by atoms with Crippen LogP contribution in [0, 0.1) is 0 Å². The van der Waals surface area contributed by atoms with Crippen LogP contribution >= 0.6 is 7.92 Å². The lowest BCUT2D eigenvalue weighted by Crippen LogP contribution is -2.32. The summed E-state index contributed by atoms with van der Waals surface area (Å²) in [6, 6.07) is 53.9. The number of hydrogen-bond donors (Lipinski definition) is 0. The Balaban J connectivity index is 0.000000769. The summed E-state index contributed by atoms with van der Waals surface area (Å²) < 4.78 is 13.6. The highest BCUT2D eigenvalue weighted by molar-refractivity contribution is 7.80. The first kappa shape index (κ1) is 28.8. The van der Waals surface area contributed by atoms with Crippen LogP contribution in [-0.4, -0.2) is 0 Å². The normalized spacial score (nSPS) is 13.4. The van der Waals surface area contributed by atoms with Crippen molar-refractivity contribution in [2.24, 2.45) is 0 Å². The molecule has 0 spiro atoms. The highest BCUT2D eigenvalue weighted by atomic mass is 31.1. The van der Waals surface area contributed by atoms with Gasteiger partial charge in [0.05, 0.1) is 5.30 Å². The molecule has 2 aliphatic heterocycles. The second-order valence-electron chi connectivity index (χ2n) is 11.4. The Morgan fingerprint density at radius 3 is 1.77 bits per heavy atom. The molecule has 7 aromatic carbocycles. The summed E-state index contributed by atoms with van der Waals surface area (Å²) in [5.74, 6) is 3.66. The summed E-state index contributed by atoms with van der Waals surface area (Å²) in [5.41, 5.74) is 6.91. The molecule has 47 heavy (non-hydrogen) atoms. The van der Waals surface area contributed by atoms with Crippen molar-refractivity contribution >= 4 is 34.6 Å². The summed E-state index contributed by atoms with van der Waals surface area (Å²) >= 11 is 0. The molecule has 9 rings (SSSR count). The Morgan fingerprint density at radius 1 is 0.447 bits per heavy atom. The lowest BCUT2D eigenvalue weighted by atomic mass is 9.93. The molecular formula is C44H31O2P. The summed E-state index contributed by atoms with van der Waals surface area (Å²) in [6.07, 6.45) is 3.28. The third-order valence-electron chi connectivity index (χ3n) is 8.57. The van der Waals surface area contributed by atoms with Gasteiger partial charge in [-0.1, -0.05) is 135 Å². The zero-order valence-electron chi connectivity index (χ0n) is 25.8. The van der Waals surface area contributed by atoms with Crippen LogP contribution in [0.1, 0.15) is 0 Å². The van der Waals surface area contributed by atoms with Gasteiger partial charge < -0.3 is 9.47 Å². The molecule has 7 aromatic rings. The average Bonchev–Trinajstić information content (AvgIpc) is 3.15. The van der Waals surface area contributed by atoms with Gasteiger partial charge in [-0.25, -0.2) is 0 Å². The average molecular weight is 623 g/mol. The quantitative estimate of drug-likeness (QED) is 0.144. The summed E-state index contributed by atoms with van der Waals surface area (Å²) in [6.45, 7) is 6.72. The van der Waals surface area contributed by atoms with E-state index in [1.54, 1.807) is 12.2 Å². The van der Waals surface area contributed by atoms with Gasteiger partial charge in [0.25, 0.3) is 0 Å². The van der Waals surface area contributed by atoms with Crippen LogP contribution in [0.25, 0.3) is 44.2 Å². The van der Waals surface area contributed by atoms with Crippen molar-refractivity contribution in [1.82, 2.24) is 0 Å². The van der Waals surface area contributed by atoms with Crippen molar-refractivity contribution < 1.29 is 9.47 Å². The fraction of sp³-hybridized carbons (Fsp3) is 0. The molecule has 0 saturated heterocycles. The van der Waals surface area contributed by atoms with Gasteiger partial charge in [0, 0.05) is 29.5 Å². The predicted octanol–water partition coefficient (Wildman–Crippen LogP) is 11.2. The van der Waals surface area contributed by atoms with Gasteiger partial charge in [-0.2, -0.15) is 0 Å². The molecule has 224 valence electrons. The van der Waals surface area contributed by atoms with Crippen molar-refractivity contribution in [2.45, 2.75) is 0 Å². The minimum Gasteiger partial charge on any atom is -0.456 e. The van der Waals surface area contributed by atoms with E-state index in [1.165, 1.54) is 38.2 Å². The second-order valence-corrected chi connectivity index (χ2v) is 13.5. The first-order chi connectivity index (χ1) is 23.2. The minimum absolute atomic E-state index is 0.880. The van der Waals surface area contributed by atoms with Crippen LogP contribution in [0.5, 0.6) is 23.0 Å². The van der Waals surface area contributed by atoms with Crippen molar-refractivity contribution in [3.63, 3.8) is 0 Å². The van der Waals surface area contributed by atoms with Crippen LogP contribution in [0.15, 0.2) is 177 Å². The lowest BCUT2D eigenvalue weighted by Gasteiger charge is -2.36. The van der Waals surface area contributed by atoms with Gasteiger partial charge in [0.15, 0.2) is 0 Å². The Hall–Kier alpha value is -5.69. The predicted molar refractivity (Wildman–Crippen MR) is 200 cm³/mol. The van der Waals surface area contributed by atoms with Crippen molar-refractivity contribution in [2.75, 3.05) is 0 Å². The highest BCUT2D eigenvalue weighted by Gasteiger charge is 2.38. The molecule has 0 aliphatic carbocycles. The van der Waals surface area contributed by atoms with E-state index in [0.717, 1.165) is 44.8 Å². The molecule has 2 heterocycles. The van der Waals surface area contributed by atoms with Crippen LogP contribution < -0.4 is 25.4 Å². The van der Waals surface area contributed by atoms with E-state index >= 15 is 0 Å². The van der Waals surface area contributed by atoms with Gasteiger partial charge in [0.2, 0.25) is 0 Å². The molecule has 0 N–H and O–H groups in total. The van der Waals surface area contributed by atoms with Crippen molar-refractivity contribution in [1.29, 1.82) is 0 Å². The Kier molecular flexibility index (Phi) is 7.50. The van der Waals surface area contributed by atoms with Gasteiger partial charge >= 0.3 is 0 Å². The number of ether oxygens (including phenoxy) is 2. The zero-order valence-corrected chi connectivity index (χ0v) is 26.7. The zero-order chi connectivity index (χ0) is 31.7. The van der Waals surface area contributed by atoms with Gasteiger partial charge in [-0.05, 0) is 75.7 Å². The lowest BCUT2D eigenvalue weighted by molar-refractivity contribution is 0.470. The Bertz CT molecular complexity index is 2230. The maximum Gasteiger partial charge on any atom is 0.147 e. The second kappa shape index (κ2) is 12.2. The Morgan fingerprint density at radius 2 is 1.06 bits per heavy atom. The molecule has 0 aromatic heterocycles. The molecule has 1 unspecified atom stereocenters. The van der Waals surface area contributed by atoms with E-state index in [9.17, 15) is 0 Å². The molecule has 0 fully saturated rings. The van der Waals surface area contributed by atoms with Crippen LogP contribution in [-0.2, 0) is 0 Å². The molecular weight excluding hydrogens is 591 g/mol. The van der Waals surface area contributed by atoms with Crippen molar-refractivity contribution in [3.8, 4) is 56.4 Å². The first-order valence-corrected chi connectivity index (χ1v) is 17.0. The van der Waals surface area contributed by atoms with E-state index in [2.05, 4.69) is 165 Å². The van der Waals surface area contributed by atoms with E-state index in [4.69, 9.17) is 9.47 Å². The topological polar surface area (TPSA) is 18.5 Å². The highest BCUT2D eigenvalue weighted by Crippen LogP contribution is 2.56. The summed E-state index contributed by atoms with van der Waals surface area (Å²) in [7, 11) is -0.884. The van der Waals surface area contributed by atoms with Crippen LogP contribution in [0.3, 0.4) is 0 Å². The molecule has 0 saturated carbocycles. The summed E-state index contributed by atoms with van der Waals surface area (Å²) in [4.78, 5) is 0. The van der Waals surface area contributed by atoms with E-state index < -0.39 is 7.92 Å². The third kappa shape index (κ3) is 5.14. The molecule has 3 heteroatoms. The van der Waals surface area contributed by atoms with Gasteiger partial charge in [-0.3, -0.25) is 0 Å². The Labute approximate surface area is 276 Å². The standard InChI is InChI=1S/C40H25O2P.C4H6/c1-3-11-26(12-4-1)29-23-30(27-13-5-2-6-14-27)25-31(24-29)33-20-21-35-40-39(33)42-38-32-16-8-7-15-28(32)19-22-37(38)43(40)36-18-10-9-17-34(36)41-35;1-3-4-2/h1-25H;3-4H,1-2H2. The van der Waals surface area contributed by atoms with Crippen LogP contribution in [0.4, 0.5) is 0 Å². The number of rotatable bonds is 4. The summed E-state index contributed by atoms with van der Waals surface area (Å²) in [5, 5.41) is 5.93. The molecule has 0 amide bonds. The smallest absolute Gasteiger partial charge is 0.147 e. The number of para-hydroxylation sites is 1. The first-order valence-electron chi connectivity index (χ1n) is 15.7. The number of allylic oxidation sites excluding steroid dienone is 2. The number of fused-ring (bicyclic) bond motifs is 6. The van der Waals surface area contributed by atoms with Crippen molar-refractivity contribution in [3.05, 3.63) is 177 Å². The van der Waals surface area contributed by atoms with E-state index in [1.807, 2.05) is 0 Å². The number of benzene rings is 7. The number of hydrogen-bond acceptors (Lipinski definition) is 2. The molecule has 2 aliphatic rings. The fourth-order valence-electron chi connectivity index (χ4n) is 6.39. The monoisotopic (exact) mass is 622 g/mol. The van der Waals surface area contributed by atoms with Gasteiger partial charge in [-0.15, -0.1) is 0 Å².